The van der Waals surface area contributed by atoms with Crippen molar-refractivity contribution in [2.24, 2.45) is 0 Å². The van der Waals surface area contributed by atoms with Crippen LogP contribution in [0.5, 0.6) is 0 Å². The molecule has 1 aromatic heterocycles. The maximum absolute atomic E-state index is 14.0. The molecule has 33 heavy (non-hydrogen) atoms. The zero-order valence-corrected chi connectivity index (χ0v) is 19.5. The number of alkyl halides is 3. The summed E-state index contributed by atoms with van der Waals surface area (Å²) >= 11 is 0. The van der Waals surface area contributed by atoms with Crippen LogP contribution < -0.4 is 4.90 Å². The lowest BCUT2D eigenvalue weighted by molar-refractivity contribution is -0.137. The monoisotopic (exact) mass is 454 g/mol. The average Bonchev–Trinajstić information content (AvgIpc) is 2.81. The second-order valence-corrected chi connectivity index (χ2v) is 8.42. The van der Waals surface area contributed by atoms with Gasteiger partial charge in [0.05, 0.1) is 11.1 Å². The number of hydrogen-bond acceptors (Lipinski definition) is 2. The molecule has 0 N–H and O–H groups in total. The van der Waals surface area contributed by atoms with Crippen molar-refractivity contribution >= 4 is 28.7 Å². The van der Waals surface area contributed by atoms with Crippen LogP contribution in [0.2, 0.25) is 0 Å². The first-order chi connectivity index (χ1) is 15.9. The Labute approximate surface area is 195 Å². The molecule has 1 heterocycles. The van der Waals surface area contributed by atoms with E-state index in [9.17, 15) is 13.2 Å². The second kappa shape index (κ2) is 11.9. The van der Waals surface area contributed by atoms with Gasteiger partial charge in [0, 0.05) is 30.4 Å². The molecule has 5 heteroatoms. The Morgan fingerprint density at radius 1 is 0.818 bits per heavy atom. The molecule has 0 radical (unpaired) electrons. The van der Waals surface area contributed by atoms with Gasteiger partial charge in [-0.1, -0.05) is 75.9 Å². The number of pyridine rings is 1. The van der Waals surface area contributed by atoms with E-state index >= 15 is 0 Å². The summed E-state index contributed by atoms with van der Waals surface area (Å²) in [5.41, 5.74) is 1.90. The van der Waals surface area contributed by atoms with Crippen LogP contribution in [0.3, 0.4) is 0 Å². The number of nitrogens with zero attached hydrogens (tertiary/aromatic N) is 2. The van der Waals surface area contributed by atoms with Gasteiger partial charge in [-0.3, -0.25) is 4.98 Å². The Hall–Kier alpha value is -2.82. The summed E-state index contributed by atoms with van der Waals surface area (Å²) in [6.07, 6.45) is 6.87. The maximum atomic E-state index is 14.0. The van der Waals surface area contributed by atoms with Gasteiger partial charge in [-0.15, -0.1) is 0 Å². The molecular weight excluding hydrogens is 421 g/mol. The lowest BCUT2D eigenvalue weighted by Crippen LogP contribution is -2.26. The second-order valence-electron chi connectivity index (χ2n) is 8.42. The fraction of sp³-hybridized carbons (Fsp3) is 0.393. The summed E-state index contributed by atoms with van der Waals surface area (Å²) in [6, 6.07) is 14.2. The van der Waals surface area contributed by atoms with E-state index in [1.165, 1.54) is 6.07 Å². The number of fused-ring (bicyclic) bond motifs is 1. The molecule has 0 aliphatic heterocycles. The van der Waals surface area contributed by atoms with E-state index in [1.807, 2.05) is 36.4 Å². The summed E-state index contributed by atoms with van der Waals surface area (Å²) in [6.45, 7) is 5.84. The molecule has 0 aliphatic rings. The van der Waals surface area contributed by atoms with Crippen LogP contribution >= 0.6 is 0 Å². The average molecular weight is 455 g/mol. The summed E-state index contributed by atoms with van der Waals surface area (Å²) in [7, 11) is 0. The zero-order chi connectivity index (χ0) is 23.7. The fourth-order valence-electron chi connectivity index (χ4n) is 4.05. The van der Waals surface area contributed by atoms with Gasteiger partial charge in [0.2, 0.25) is 0 Å². The third kappa shape index (κ3) is 6.83. The number of para-hydroxylation sites is 1. The van der Waals surface area contributed by atoms with Crippen molar-refractivity contribution in [1.82, 2.24) is 4.98 Å². The summed E-state index contributed by atoms with van der Waals surface area (Å²) in [4.78, 5) is 6.44. The van der Waals surface area contributed by atoms with E-state index in [0.717, 1.165) is 68.1 Å². The van der Waals surface area contributed by atoms with E-state index in [2.05, 4.69) is 23.7 Å². The lowest BCUT2D eigenvalue weighted by Gasteiger charge is -2.26. The zero-order valence-electron chi connectivity index (χ0n) is 19.5. The van der Waals surface area contributed by atoms with Crippen molar-refractivity contribution in [2.75, 3.05) is 18.0 Å². The van der Waals surface area contributed by atoms with Gasteiger partial charge in [-0.05, 0) is 48.2 Å². The quantitative estimate of drug-likeness (QED) is 0.270. The SMILES string of the molecule is CCCCCN(CCCCC)c1ccc(C=Cc2ccnc3ccccc23)c(C(F)(F)F)c1. The molecule has 2 nitrogen and oxygen atoms in total. The molecule has 0 fully saturated rings. The molecule has 0 saturated heterocycles. The van der Waals surface area contributed by atoms with Crippen molar-refractivity contribution in [1.29, 1.82) is 0 Å². The molecule has 3 aromatic rings. The number of halogens is 3. The highest BCUT2D eigenvalue weighted by Gasteiger charge is 2.33. The van der Waals surface area contributed by atoms with Crippen LogP contribution in [0.4, 0.5) is 18.9 Å². The molecule has 2 aromatic carbocycles. The van der Waals surface area contributed by atoms with E-state index in [0.29, 0.717) is 5.69 Å². The first-order valence-electron chi connectivity index (χ1n) is 11.9. The number of aromatic nitrogens is 1. The molecular formula is C28H33F3N2. The smallest absolute Gasteiger partial charge is 0.372 e. The van der Waals surface area contributed by atoms with Crippen LogP contribution in [-0.4, -0.2) is 18.1 Å². The number of rotatable bonds is 11. The minimum atomic E-state index is -4.42. The predicted octanol–water partition coefficient (Wildman–Crippen LogP) is 8.61. The van der Waals surface area contributed by atoms with Crippen LogP contribution in [-0.2, 0) is 6.18 Å². The number of anilines is 1. The third-order valence-corrected chi connectivity index (χ3v) is 5.90. The van der Waals surface area contributed by atoms with Crippen molar-refractivity contribution < 1.29 is 13.2 Å². The number of hydrogen-bond donors (Lipinski definition) is 0. The van der Waals surface area contributed by atoms with Gasteiger partial charge >= 0.3 is 6.18 Å². The van der Waals surface area contributed by atoms with Crippen molar-refractivity contribution in [3.05, 3.63) is 71.4 Å². The standard InChI is InChI=1S/C28H33F3N2/c1-3-5-9-19-33(20-10-6-4-2)24-16-15-23(26(21-24)28(29,30)31)14-13-22-17-18-32-27-12-8-7-11-25(22)27/h7-8,11-18,21H,3-6,9-10,19-20H2,1-2H3. The first-order valence-corrected chi connectivity index (χ1v) is 11.9. The van der Waals surface area contributed by atoms with Gasteiger partial charge in [-0.25, -0.2) is 0 Å². The predicted molar refractivity (Wildman–Crippen MR) is 133 cm³/mol. The Kier molecular flexibility index (Phi) is 8.93. The molecule has 0 amide bonds. The molecule has 0 saturated carbocycles. The number of benzene rings is 2. The Morgan fingerprint density at radius 3 is 2.15 bits per heavy atom. The van der Waals surface area contributed by atoms with Crippen LogP contribution in [0.1, 0.15) is 69.1 Å². The Bertz CT molecular complexity index is 1040. The van der Waals surface area contributed by atoms with Crippen molar-refractivity contribution in [3.8, 4) is 0 Å². The summed E-state index contributed by atoms with van der Waals surface area (Å²) in [5.74, 6) is 0. The highest BCUT2D eigenvalue weighted by molar-refractivity contribution is 5.90. The van der Waals surface area contributed by atoms with Gasteiger partial charge in [0.25, 0.3) is 0 Å². The van der Waals surface area contributed by atoms with Crippen molar-refractivity contribution in [3.63, 3.8) is 0 Å². The van der Waals surface area contributed by atoms with Gasteiger partial charge < -0.3 is 4.90 Å². The highest BCUT2D eigenvalue weighted by atomic mass is 19.4. The minimum Gasteiger partial charge on any atom is -0.372 e. The Morgan fingerprint density at radius 2 is 1.48 bits per heavy atom. The minimum absolute atomic E-state index is 0.175. The molecule has 176 valence electrons. The van der Waals surface area contributed by atoms with E-state index < -0.39 is 11.7 Å². The van der Waals surface area contributed by atoms with Gasteiger partial charge in [-0.2, -0.15) is 13.2 Å². The largest absolute Gasteiger partial charge is 0.417 e. The third-order valence-electron chi connectivity index (χ3n) is 5.90. The van der Waals surface area contributed by atoms with Gasteiger partial charge in [0.1, 0.15) is 0 Å². The van der Waals surface area contributed by atoms with E-state index in [-0.39, 0.29) is 5.56 Å². The fourth-order valence-corrected chi connectivity index (χ4v) is 4.05. The topological polar surface area (TPSA) is 16.1 Å². The molecule has 0 atom stereocenters. The highest BCUT2D eigenvalue weighted by Crippen LogP contribution is 2.36. The molecule has 0 aliphatic carbocycles. The molecule has 0 bridgehead atoms. The van der Waals surface area contributed by atoms with Crippen LogP contribution in [0.25, 0.3) is 23.1 Å². The number of unbranched alkanes of at least 4 members (excludes halogenated alkanes) is 4. The van der Waals surface area contributed by atoms with E-state index in [1.54, 1.807) is 24.4 Å². The Balaban J connectivity index is 1.93. The first kappa shape index (κ1) is 24.8. The summed E-state index contributed by atoms with van der Waals surface area (Å²) < 4.78 is 42.1. The lowest BCUT2D eigenvalue weighted by atomic mass is 10.0. The molecule has 0 spiro atoms. The van der Waals surface area contributed by atoms with Crippen LogP contribution in [0.15, 0.2) is 54.7 Å². The molecule has 0 unspecified atom stereocenters. The van der Waals surface area contributed by atoms with Crippen LogP contribution in [0, 0.1) is 0 Å². The van der Waals surface area contributed by atoms with E-state index in [4.69, 9.17) is 0 Å². The normalized spacial score (nSPS) is 12.0. The maximum Gasteiger partial charge on any atom is 0.417 e. The van der Waals surface area contributed by atoms with Crippen molar-refractivity contribution in [2.45, 2.75) is 58.5 Å². The van der Waals surface area contributed by atoms with Gasteiger partial charge in [0.15, 0.2) is 0 Å². The summed E-state index contributed by atoms with van der Waals surface area (Å²) in [5, 5.41) is 0.916. The molecule has 3 rings (SSSR count).